The zero-order valence-electron chi connectivity index (χ0n) is 11.4. The van der Waals surface area contributed by atoms with E-state index in [9.17, 15) is 9.18 Å². The lowest BCUT2D eigenvalue weighted by molar-refractivity contribution is -0.123. The molecule has 0 aliphatic carbocycles. The van der Waals surface area contributed by atoms with E-state index in [0.29, 0.717) is 30.3 Å². The van der Waals surface area contributed by atoms with Gasteiger partial charge in [0.2, 0.25) is 17.7 Å². The SMILES string of the molecule is CC(C)C(=O)NCCc1nnc(-c2ccc(F)cc2)o1. The summed E-state index contributed by atoms with van der Waals surface area (Å²) in [6.45, 7) is 4.10. The van der Waals surface area contributed by atoms with Crippen molar-refractivity contribution in [3.05, 3.63) is 36.0 Å². The predicted octanol–water partition coefficient (Wildman–Crippen LogP) is 2.19. The number of carbonyl (C=O) groups excluding carboxylic acids is 1. The van der Waals surface area contributed by atoms with Gasteiger partial charge in [-0.1, -0.05) is 13.8 Å². The smallest absolute Gasteiger partial charge is 0.247 e. The van der Waals surface area contributed by atoms with Crippen molar-refractivity contribution in [3.63, 3.8) is 0 Å². The van der Waals surface area contributed by atoms with Crippen LogP contribution in [0.1, 0.15) is 19.7 Å². The van der Waals surface area contributed by atoms with Crippen molar-refractivity contribution in [1.82, 2.24) is 15.5 Å². The van der Waals surface area contributed by atoms with Gasteiger partial charge in [0.1, 0.15) is 5.82 Å². The van der Waals surface area contributed by atoms with Crippen molar-refractivity contribution in [2.75, 3.05) is 6.54 Å². The average Bonchev–Trinajstić information content (AvgIpc) is 2.88. The fourth-order valence-corrected chi connectivity index (χ4v) is 1.56. The summed E-state index contributed by atoms with van der Waals surface area (Å²) in [5, 5.41) is 10.6. The van der Waals surface area contributed by atoms with Gasteiger partial charge in [0.15, 0.2) is 0 Å². The molecule has 1 N–H and O–H groups in total. The maximum atomic E-state index is 12.8. The molecule has 0 bridgehead atoms. The minimum Gasteiger partial charge on any atom is -0.421 e. The van der Waals surface area contributed by atoms with Crippen molar-refractivity contribution in [2.45, 2.75) is 20.3 Å². The summed E-state index contributed by atoms with van der Waals surface area (Å²) in [6.07, 6.45) is 0.465. The highest BCUT2D eigenvalue weighted by molar-refractivity contribution is 5.77. The van der Waals surface area contributed by atoms with E-state index in [1.54, 1.807) is 12.1 Å². The topological polar surface area (TPSA) is 68.0 Å². The van der Waals surface area contributed by atoms with Crippen molar-refractivity contribution < 1.29 is 13.6 Å². The van der Waals surface area contributed by atoms with E-state index in [1.807, 2.05) is 13.8 Å². The van der Waals surface area contributed by atoms with Crippen LogP contribution in [-0.2, 0) is 11.2 Å². The summed E-state index contributed by atoms with van der Waals surface area (Å²) in [5.74, 6) is 0.407. The molecule has 0 atom stereocenters. The molecule has 5 nitrogen and oxygen atoms in total. The standard InChI is InChI=1S/C14H16FN3O2/c1-9(2)13(19)16-8-7-12-17-18-14(20-12)10-3-5-11(15)6-4-10/h3-6,9H,7-8H2,1-2H3,(H,16,19). The van der Waals surface area contributed by atoms with E-state index < -0.39 is 0 Å². The van der Waals surface area contributed by atoms with Crippen LogP contribution in [0.25, 0.3) is 11.5 Å². The lowest BCUT2D eigenvalue weighted by Crippen LogP contribution is -2.29. The second-order valence-corrected chi connectivity index (χ2v) is 4.70. The highest BCUT2D eigenvalue weighted by Gasteiger charge is 2.10. The molecule has 1 heterocycles. The van der Waals surface area contributed by atoms with Crippen LogP contribution >= 0.6 is 0 Å². The number of aromatic nitrogens is 2. The van der Waals surface area contributed by atoms with Crippen LogP contribution in [0.15, 0.2) is 28.7 Å². The van der Waals surface area contributed by atoms with Crippen LogP contribution in [-0.4, -0.2) is 22.6 Å². The van der Waals surface area contributed by atoms with E-state index in [0.717, 1.165) is 0 Å². The third-order valence-corrected chi connectivity index (χ3v) is 2.72. The molecular formula is C14H16FN3O2. The van der Waals surface area contributed by atoms with Gasteiger partial charge in [-0.3, -0.25) is 4.79 Å². The molecule has 1 aromatic carbocycles. The zero-order valence-corrected chi connectivity index (χ0v) is 11.4. The molecule has 0 aliphatic heterocycles. The second kappa shape index (κ2) is 6.27. The fourth-order valence-electron chi connectivity index (χ4n) is 1.56. The van der Waals surface area contributed by atoms with Crippen LogP contribution in [0.5, 0.6) is 0 Å². The fraction of sp³-hybridized carbons (Fsp3) is 0.357. The molecule has 106 valence electrons. The molecule has 20 heavy (non-hydrogen) atoms. The monoisotopic (exact) mass is 277 g/mol. The maximum absolute atomic E-state index is 12.8. The Balaban J connectivity index is 1.92. The second-order valence-electron chi connectivity index (χ2n) is 4.70. The molecule has 0 saturated carbocycles. The molecule has 1 amide bonds. The van der Waals surface area contributed by atoms with Gasteiger partial charge in [0, 0.05) is 24.4 Å². The first-order valence-electron chi connectivity index (χ1n) is 6.42. The minimum absolute atomic E-state index is 0.0109. The van der Waals surface area contributed by atoms with Gasteiger partial charge in [-0.05, 0) is 24.3 Å². The highest BCUT2D eigenvalue weighted by atomic mass is 19.1. The van der Waals surface area contributed by atoms with Crippen LogP contribution < -0.4 is 5.32 Å². The quantitative estimate of drug-likeness (QED) is 0.909. The van der Waals surface area contributed by atoms with E-state index in [-0.39, 0.29) is 17.6 Å². The number of nitrogens with zero attached hydrogens (tertiary/aromatic N) is 2. The Morgan fingerprint density at radius 1 is 1.30 bits per heavy atom. The maximum Gasteiger partial charge on any atom is 0.247 e. The molecule has 0 unspecified atom stereocenters. The zero-order chi connectivity index (χ0) is 14.5. The van der Waals surface area contributed by atoms with Gasteiger partial charge in [-0.15, -0.1) is 10.2 Å². The Kier molecular flexibility index (Phi) is 4.45. The molecule has 2 rings (SSSR count). The van der Waals surface area contributed by atoms with Gasteiger partial charge in [-0.2, -0.15) is 0 Å². The minimum atomic E-state index is -0.315. The van der Waals surface area contributed by atoms with E-state index in [2.05, 4.69) is 15.5 Å². The van der Waals surface area contributed by atoms with Gasteiger partial charge in [-0.25, -0.2) is 4.39 Å². The molecule has 6 heteroatoms. The molecular weight excluding hydrogens is 261 g/mol. The van der Waals surface area contributed by atoms with Crippen LogP contribution in [0, 0.1) is 11.7 Å². The van der Waals surface area contributed by atoms with Crippen LogP contribution in [0.4, 0.5) is 4.39 Å². The first-order chi connectivity index (χ1) is 9.56. The van der Waals surface area contributed by atoms with Gasteiger partial charge in [0.25, 0.3) is 0 Å². The number of halogens is 1. The molecule has 2 aromatic rings. The Bertz CT molecular complexity index is 578. The summed E-state index contributed by atoms with van der Waals surface area (Å²) in [4.78, 5) is 11.4. The van der Waals surface area contributed by atoms with Crippen molar-refractivity contribution in [1.29, 1.82) is 0 Å². The van der Waals surface area contributed by atoms with Crippen molar-refractivity contribution in [2.24, 2.45) is 5.92 Å². The van der Waals surface area contributed by atoms with Crippen molar-refractivity contribution in [3.8, 4) is 11.5 Å². The van der Waals surface area contributed by atoms with E-state index >= 15 is 0 Å². The van der Waals surface area contributed by atoms with Crippen molar-refractivity contribution >= 4 is 5.91 Å². The molecule has 0 radical (unpaired) electrons. The molecule has 0 saturated heterocycles. The number of benzene rings is 1. The molecule has 0 fully saturated rings. The largest absolute Gasteiger partial charge is 0.421 e. The summed E-state index contributed by atoms with van der Waals surface area (Å²) < 4.78 is 18.3. The number of amides is 1. The molecule has 0 aliphatic rings. The normalized spacial score (nSPS) is 10.8. The number of nitrogens with one attached hydrogen (secondary N) is 1. The van der Waals surface area contributed by atoms with Gasteiger partial charge >= 0.3 is 0 Å². The Morgan fingerprint density at radius 2 is 2.00 bits per heavy atom. The Hall–Kier alpha value is -2.24. The number of rotatable bonds is 5. The Morgan fingerprint density at radius 3 is 2.65 bits per heavy atom. The van der Waals surface area contributed by atoms with E-state index in [1.165, 1.54) is 12.1 Å². The first kappa shape index (κ1) is 14.2. The predicted molar refractivity (Wildman–Crippen MR) is 71.2 cm³/mol. The third kappa shape index (κ3) is 3.63. The molecule has 0 spiro atoms. The number of carbonyl (C=O) groups is 1. The number of hydrogen-bond acceptors (Lipinski definition) is 4. The lowest BCUT2D eigenvalue weighted by atomic mass is 10.2. The highest BCUT2D eigenvalue weighted by Crippen LogP contribution is 2.17. The van der Waals surface area contributed by atoms with Gasteiger partial charge < -0.3 is 9.73 Å². The first-order valence-corrected chi connectivity index (χ1v) is 6.42. The summed E-state index contributed by atoms with van der Waals surface area (Å²) in [6, 6.07) is 5.82. The number of hydrogen-bond donors (Lipinski definition) is 1. The summed E-state index contributed by atoms with van der Waals surface area (Å²) in [7, 11) is 0. The Labute approximate surface area is 116 Å². The van der Waals surface area contributed by atoms with Crippen LogP contribution in [0.3, 0.4) is 0 Å². The lowest BCUT2D eigenvalue weighted by Gasteiger charge is -2.05. The van der Waals surface area contributed by atoms with Gasteiger partial charge in [0.05, 0.1) is 0 Å². The third-order valence-electron chi connectivity index (χ3n) is 2.72. The molecule has 1 aromatic heterocycles. The summed E-state index contributed by atoms with van der Waals surface area (Å²) in [5.41, 5.74) is 0.663. The summed E-state index contributed by atoms with van der Waals surface area (Å²) >= 11 is 0. The average molecular weight is 277 g/mol. The van der Waals surface area contributed by atoms with E-state index in [4.69, 9.17) is 4.42 Å². The van der Waals surface area contributed by atoms with Crippen LogP contribution in [0.2, 0.25) is 0 Å².